The largest absolute Gasteiger partial charge is 0.453 e. The standard InChI is InChI=1S/C28H33N3O14/c29-31-30-11-12-42-28(41)27(40,23(37)20(18(14-33)45-28)44-24(38)16-9-5-2-6-10-16)25-26(39,21(35)15-7-3-1-4-8-15)22(36)19(34)17(13-32)43-25/h1-10,17-20,22-23,25,32-34,36-37,39-41H,11-14H2/t17-,18-,19-,20-,22+,23+,25+,26+,27-,28+/m1/s1. The number of ether oxygens (including phenoxy) is 4. The second kappa shape index (κ2) is 13.8. The molecule has 244 valence electrons. The van der Waals surface area contributed by atoms with Gasteiger partial charge < -0.3 is 59.8 Å². The minimum atomic E-state index is -3.65. The van der Waals surface area contributed by atoms with E-state index in [0.717, 1.165) is 0 Å². The number of rotatable bonds is 11. The molecule has 0 aromatic heterocycles. The van der Waals surface area contributed by atoms with Crippen molar-refractivity contribution in [3.05, 3.63) is 82.2 Å². The van der Waals surface area contributed by atoms with Crippen LogP contribution in [0.25, 0.3) is 10.4 Å². The van der Waals surface area contributed by atoms with E-state index in [2.05, 4.69) is 10.0 Å². The molecule has 0 radical (unpaired) electrons. The molecule has 2 aromatic rings. The average Bonchev–Trinajstić information content (AvgIpc) is 3.06. The van der Waals surface area contributed by atoms with Crippen LogP contribution in [-0.4, -0.2) is 139 Å². The summed E-state index contributed by atoms with van der Waals surface area (Å²) in [5, 5.41) is 92.8. The number of azide groups is 1. The molecule has 8 N–H and O–H groups in total. The van der Waals surface area contributed by atoms with E-state index >= 15 is 0 Å². The molecule has 2 fully saturated rings. The van der Waals surface area contributed by atoms with Crippen molar-refractivity contribution in [2.45, 2.75) is 59.9 Å². The maximum atomic E-state index is 13.8. The smallest absolute Gasteiger partial charge is 0.338 e. The van der Waals surface area contributed by atoms with E-state index in [9.17, 15) is 50.4 Å². The second-order valence-corrected chi connectivity index (χ2v) is 10.4. The van der Waals surface area contributed by atoms with Crippen molar-refractivity contribution >= 4 is 11.8 Å². The van der Waals surface area contributed by atoms with Crippen LogP contribution in [0.1, 0.15) is 20.7 Å². The van der Waals surface area contributed by atoms with Gasteiger partial charge in [0, 0.05) is 17.0 Å². The number of carbonyl (C=O) groups excluding carboxylic acids is 2. The van der Waals surface area contributed by atoms with Gasteiger partial charge >= 0.3 is 11.9 Å². The van der Waals surface area contributed by atoms with Crippen LogP contribution in [-0.2, 0) is 18.9 Å². The molecular formula is C28H33N3O14. The summed E-state index contributed by atoms with van der Waals surface area (Å²) in [6.45, 7) is -3.38. The second-order valence-electron chi connectivity index (χ2n) is 10.4. The highest BCUT2D eigenvalue weighted by Gasteiger charge is 2.77. The van der Waals surface area contributed by atoms with E-state index in [0.29, 0.717) is 0 Å². The van der Waals surface area contributed by atoms with Crippen molar-refractivity contribution in [2.24, 2.45) is 5.11 Å². The van der Waals surface area contributed by atoms with Crippen LogP contribution in [0.3, 0.4) is 0 Å². The van der Waals surface area contributed by atoms with E-state index in [-0.39, 0.29) is 11.1 Å². The lowest BCUT2D eigenvalue weighted by molar-refractivity contribution is -0.502. The number of hydrogen-bond donors (Lipinski definition) is 8. The Morgan fingerprint density at radius 3 is 2.02 bits per heavy atom. The van der Waals surface area contributed by atoms with Crippen LogP contribution in [0, 0.1) is 0 Å². The number of nitrogens with zero attached hydrogens (tertiary/aromatic N) is 3. The molecule has 2 aliphatic rings. The molecule has 0 unspecified atom stereocenters. The molecule has 17 nitrogen and oxygen atoms in total. The van der Waals surface area contributed by atoms with Gasteiger partial charge in [0.15, 0.2) is 17.5 Å². The van der Waals surface area contributed by atoms with Gasteiger partial charge in [-0.1, -0.05) is 53.6 Å². The molecule has 2 saturated heterocycles. The Balaban J connectivity index is 1.89. The summed E-state index contributed by atoms with van der Waals surface area (Å²) in [6, 6.07) is 14.0. The Morgan fingerprint density at radius 2 is 1.47 bits per heavy atom. The molecule has 0 saturated carbocycles. The van der Waals surface area contributed by atoms with Crippen LogP contribution in [0.5, 0.6) is 0 Å². The van der Waals surface area contributed by atoms with Gasteiger partial charge in [-0.3, -0.25) is 4.79 Å². The average molecular weight is 636 g/mol. The van der Waals surface area contributed by atoms with E-state index in [1.54, 1.807) is 6.07 Å². The monoisotopic (exact) mass is 635 g/mol. The Kier molecular flexibility index (Phi) is 10.6. The molecule has 2 aliphatic heterocycles. The molecule has 17 heteroatoms. The summed E-state index contributed by atoms with van der Waals surface area (Å²) in [5.74, 6) is -6.06. The topological polar surface area (TPSA) is 282 Å². The van der Waals surface area contributed by atoms with E-state index in [1.165, 1.54) is 54.6 Å². The first-order chi connectivity index (χ1) is 21.4. The highest BCUT2D eigenvalue weighted by Crippen LogP contribution is 2.48. The number of aliphatic hydroxyl groups excluding tert-OH is 5. The zero-order valence-electron chi connectivity index (χ0n) is 23.5. The normalized spacial score (nSPS) is 36.5. The van der Waals surface area contributed by atoms with Gasteiger partial charge in [0.05, 0.1) is 25.4 Å². The number of aliphatic hydroxyl groups is 8. The van der Waals surface area contributed by atoms with Gasteiger partial charge in [-0.05, 0) is 17.7 Å². The molecule has 0 aliphatic carbocycles. The van der Waals surface area contributed by atoms with Gasteiger partial charge in [0.1, 0.15) is 36.6 Å². The van der Waals surface area contributed by atoms with Gasteiger partial charge in [0.2, 0.25) is 5.60 Å². The first-order valence-corrected chi connectivity index (χ1v) is 13.7. The summed E-state index contributed by atoms with van der Waals surface area (Å²) in [5.41, 5.74) is 1.22. The predicted octanol–water partition coefficient (Wildman–Crippen LogP) is -2.24. The lowest BCUT2D eigenvalue weighted by atomic mass is 9.67. The summed E-state index contributed by atoms with van der Waals surface area (Å²) < 4.78 is 21.7. The predicted molar refractivity (Wildman–Crippen MR) is 147 cm³/mol. The lowest BCUT2D eigenvalue weighted by Crippen LogP contribution is -2.85. The summed E-state index contributed by atoms with van der Waals surface area (Å²) in [6.07, 6.45) is -15.9. The summed E-state index contributed by atoms with van der Waals surface area (Å²) in [4.78, 5) is 29.4. The zero-order valence-corrected chi connectivity index (χ0v) is 23.5. The third-order valence-corrected chi connectivity index (χ3v) is 7.78. The lowest BCUT2D eigenvalue weighted by Gasteiger charge is -2.59. The van der Waals surface area contributed by atoms with E-state index in [1.807, 2.05) is 0 Å². The Hall–Kier alpha value is -3.55. The summed E-state index contributed by atoms with van der Waals surface area (Å²) >= 11 is 0. The molecule has 2 heterocycles. The number of carbonyl (C=O) groups is 2. The molecule has 45 heavy (non-hydrogen) atoms. The molecule has 0 bridgehead atoms. The van der Waals surface area contributed by atoms with Crippen LogP contribution in [0.2, 0.25) is 0 Å². The number of esters is 1. The maximum Gasteiger partial charge on any atom is 0.338 e. The van der Waals surface area contributed by atoms with Crippen molar-refractivity contribution < 1.29 is 69.4 Å². The third kappa shape index (κ3) is 6.05. The molecule has 0 amide bonds. The van der Waals surface area contributed by atoms with Crippen molar-refractivity contribution in [2.75, 3.05) is 26.4 Å². The van der Waals surface area contributed by atoms with Crippen LogP contribution >= 0.6 is 0 Å². The fourth-order valence-electron chi connectivity index (χ4n) is 5.44. The van der Waals surface area contributed by atoms with Gasteiger partial charge in [-0.2, -0.15) is 0 Å². The minimum absolute atomic E-state index is 0.0417. The van der Waals surface area contributed by atoms with Crippen molar-refractivity contribution in [3.63, 3.8) is 0 Å². The quantitative estimate of drug-likeness (QED) is 0.0247. The molecule has 10 atom stereocenters. The Labute approximate surface area is 255 Å². The maximum absolute atomic E-state index is 13.8. The molecule has 0 spiro atoms. The van der Waals surface area contributed by atoms with Crippen molar-refractivity contribution in [1.82, 2.24) is 0 Å². The summed E-state index contributed by atoms with van der Waals surface area (Å²) in [7, 11) is 0. The third-order valence-electron chi connectivity index (χ3n) is 7.78. The van der Waals surface area contributed by atoms with Crippen molar-refractivity contribution in [1.29, 1.82) is 0 Å². The number of hydrogen-bond acceptors (Lipinski definition) is 15. The highest BCUT2D eigenvalue weighted by atomic mass is 16.8. The van der Waals surface area contributed by atoms with Gasteiger partial charge in [-0.25, -0.2) is 4.79 Å². The van der Waals surface area contributed by atoms with E-state index in [4.69, 9.17) is 24.5 Å². The first-order valence-electron chi connectivity index (χ1n) is 13.7. The number of Topliss-reactive ketones (excluding diaryl/α,β-unsaturated/α-hetero) is 1. The molecule has 4 rings (SSSR count). The highest BCUT2D eigenvalue weighted by molar-refractivity contribution is 6.03. The zero-order chi connectivity index (χ0) is 33.0. The first kappa shape index (κ1) is 34.3. The fraction of sp³-hybridized carbons (Fsp3) is 0.500. The number of ketones is 1. The minimum Gasteiger partial charge on any atom is -0.453 e. The van der Waals surface area contributed by atoms with Gasteiger partial charge in [0.25, 0.3) is 0 Å². The van der Waals surface area contributed by atoms with E-state index < -0.39 is 98.0 Å². The Bertz CT molecular complexity index is 1380. The van der Waals surface area contributed by atoms with Crippen LogP contribution in [0.15, 0.2) is 65.8 Å². The fourth-order valence-corrected chi connectivity index (χ4v) is 5.44. The molecule has 2 aromatic carbocycles. The van der Waals surface area contributed by atoms with Crippen molar-refractivity contribution in [3.8, 4) is 0 Å². The molecular weight excluding hydrogens is 602 g/mol. The Morgan fingerprint density at radius 1 is 0.889 bits per heavy atom. The SMILES string of the molecule is [N-]=[N+]=NCCO[C@]1(O)O[C@H](CO)[C@@H](OC(=O)c2ccccc2)[C@H](O)[C@@]1(O)[C@H]1O[C@H](CO)[C@@H](O)[C@H](O)[C@@]1(O)C(=O)c1ccccc1. The van der Waals surface area contributed by atoms with Crippen LogP contribution < -0.4 is 0 Å². The number of benzene rings is 2. The van der Waals surface area contributed by atoms with Gasteiger partial charge in [-0.15, -0.1) is 0 Å². The van der Waals surface area contributed by atoms with Crippen LogP contribution in [0.4, 0.5) is 0 Å².